The Morgan fingerprint density at radius 1 is 1.26 bits per heavy atom. The Kier molecular flexibility index (Phi) is 5.27. The molecule has 160 valence electrons. The normalized spacial score (nSPS) is 19.2. The lowest BCUT2D eigenvalue weighted by Crippen LogP contribution is -2.48. The van der Waals surface area contributed by atoms with E-state index in [1.165, 1.54) is 31.2 Å². The van der Waals surface area contributed by atoms with Crippen LogP contribution in [0.1, 0.15) is 72.3 Å². The third kappa shape index (κ3) is 4.09. The van der Waals surface area contributed by atoms with E-state index >= 15 is 0 Å². The third-order valence-corrected chi connectivity index (χ3v) is 7.98. The van der Waals surface area contributed by atoms with Crippen molar-refractivity contribution >= 4 is 35.2 Å². The molecule has 0 bridgehead atoms. The molecule has 0 heterocycles. The molecular formula is C24H23ClN2O3S. The Labute approximate surface area is 190 Å². The van der Waals surface area contributed by atoms with E-state index in [2.05, 4.69) is 10.8 Å². The Hall–Kier alpha value is -2.36. The van der Waals surface area contributed by atoms with Crippen LogP contribution >= 0.6 is 23.5 Å². The number of carboxylic acids is 1. The number of nitriles is 1. The second kappa shape index (κ2) is 7.96. The Morgan fingerprint density at radius 2 is 2.03 bits per heavy atom. The fourth-order valence-electron chi connectivity index (χ4n) is 4.67. The molecule has 7 heteroatoms. The van der Waals surface area contributed by atoms with Gasteiger partial charge in [-0.1, -0.05) is 24.1 Å². The Morgan fingerprint density at radius 3 is 2.65 bits per heavy atom. The van der Waals surface area contributed by atoms with Crippen LogP contribution in [-0.2, 0) is 0 Å². The van der Waals surface area contributed by atoms with Crippen LogP contribution in [0.2, 0.25) is 5.02 Å². The largest absolute Gasteiger partial charge is 0.488 e. The number of aromatic carboxylic acids is 1. The van der Waals surface area contributed by atoms with Gasteiger partial charge in [0.25, 0.3) is 0 Å². The average Bonchev–Trinajstić information content (AvgIpc) is 3.53. The smallest absolute Gasteiger partial charge is 0.335 e. The van der Waals surface area contributed by atoms with E-state index in [9.17, 15) is 15.2 Å². The van der Waals surface area contributed by atoms with Gasteiger partial charge in [-0.2, -0.15) is 5.26 Å². The molecule has 2 N–H and O–H groups in total. The summed E-state index contributed by atoms with van der Waals surface area (Å²) in [7, 11) is 0. The van der Waals surface area contributed by atoms with Crippen molar-refractivity contribution in [1.82, 2.24) is 0 Å². The van der Waals surface area contributed by atoms with Gasteiger partial charge >= 0.3 is 5.97 Å². The number of carbonyl (C=O) groups is 1. The Balaban J connectivity index is 1.37. The van der Waals surface area contributed by atoms with Crippen molar-refractivity contribution < 1.29 is 14.6 Å². The number of hydrogen-bond donors (Lipinski definition) is 2. The van der Waals surface area contributed by atoms with E-state index < -0.39 is 5.97 Å². The van der Waals surface area contributed by atoms with Gasteiger partial charge in [0.2, 0.25) is 0 Å². The molecule has 3 fully saturated rings. The molecule has 2 aromatic rings. The highest BCUT2D eigenvalue weighted by Gasteiger charge is 2.49. The number of rotatable bonds is 7. The first kappa shape index (κ1) is 20.5. The first-order chi connectivity index (χ1) is 15.0. The molecule has 2 aromatic carbocycles. The zero-order valence-corrected chi connectivity index (χ0v) is 18.6. The molecule has 0 saturated heterocycles. The number of nitrogens with zero attached hydrogens (tertiary/aromatic N) is 1. The number of halogens is 1. The maximum atomic E-state index is 11.4. The Bertz CT molecular complexity index is 1080. The maximum Gasteiger partial charge on any atom is 0.335 e. The molecule has 1 spiro atoms. The quantitative estimate of drug-likeness (QED) is 0.457. The van der Waals surface area contributed by atoms with Gasteiger partial charge < -0.3 is 14.6 Å². The maximum absolute atomic E-state index is 11.4. The molecule has 0 radical (unpaired) electrons. The zero-order valence-electron chi connectivity index (χ0n) is 17.0. The van der Waals surface area contributed by atoms with Gasteiger partial charge in [-0.05, 0) is 85.6 Å². The molecule has 3 saturated carbocycles. The van der Waals surface area contributed by atoms with Crippen molar-refractivity contribution in [3.05, 3.63) is 52.0 Å². The van der Waals surface area contributed by atoms with Gasteiger partial charge in [-0.3, -0.25) is 0 Å². The highest BCUT2D eigenvalue weighted by molar-refractivity contribution is 8.00. The van der Waals surface area contributed by atoms with Crippen LogP contribution in [0.3, 0.4) is 0 Å². The van der Waals surface area contributed by atoms with Crippen LogP contribution in [0.4, 0.5) is 5.69 Å². The molecule has 5 rings (SSSR count). The van der Waals surface area contributed by atoms with Gasteiger partial charge in [0.1, 0.15) is 11.8 Å². The summed E-state index contributed by atoms with van der Waals surface area (Å²) >= 11 is 7.65. The molecule has 0 aliphatic heterocycles. The summed E-state index contributed by atoms with van der Waals surface area (Å²) in [5.41, 5.74) is 2.98. The van der Waals surface area contributed by atoms with Crippen molar-refractivity contribution in [3.63, 3.8) is 0 Å². The minimum atomic E-state index is -0.943. The van der Waals surface area contributed by atoms with Gasteiger partial charge in [-0.15, -0.1) is 0 Å². The first-order valence-corrected chi connectivity index (χ1v) is 11.9. The average molecular weight is 455 g/mol. The molecule has 0 aromatic heterocycles. The van der Waals surface area contributed by atoms with Crippen LogP contribution in [0.5, 0.6) is 5.75 Å². The lowest BCUT2D eigenvalue weighted by Gasteiger charge is -2.53. The lowest BCUT2D eigenvalue weighted by molar-refractivity contribution is -0.0678. The summed E-state index contributed by atoms with van der Waals surface area (Å²) in [5, 5.41) is 19.2. The second-order valence-electron chi connectivity index (χ2n) is 8.98. The number of carboxylic acid groups (broad SMARTS) is 1. The van der Waals surface area contributed by atoms with Crippen LogP contribution in [0, 0.1) is 16.7 Å². The summed E-state index contributed by atoms with van der Waals surface area (Å²) < 4.78 is 9.58. The SMILES string of the molecule is N#Cc1cc(NSc2cc(C(=O)O)ccc2C2CC2)c(OC2CC3(CCC3)C2)cc1Cl. The minimum Gasteiger partial charge on any atom is -0.488 e. The van der Waals surface area contributed by atoms with Gasteiger partial charge in [0, 0.05) is 11.0 Å². The molecule has 0 amide bonds. The minimum absolute atomic E-state index is 0.173. The molecule has 3 aliphatic rings. The van der Waals surface area contributed by atoms with E-state index in [0.29, 0.717) is 33.4 Å². The summed E-state index contributed by atoms with van der Waals surface area (Å²) in [6.07, 6.45) is 8.48. The van der Waals surface area contributed by atoms with Crippen LogP contribution in [0.15, 0.2) is 35.2 Å². The van der Waals surface area contributed by atoms with Crippen LogP contribution in [-0.4, -0.2) is 17.2 Å². The summed E-state index contributed by atoms with van der Waals surface area (Å²) in [6.45, 7) is 0. The number of nitrogens with one attached hydrogen (secondary N) is 1. The van der Waals surface area contributed by atoms with Crippen molar-refractivity contribution in [2.24, 2.45) is 5.41 Å². The van der Waals surface area contributed by atoms with Crippen molar-refractivity contribution in [2.75, 3.05) is 4.72 Å². The lowest BCUT2D eigenvalue weighted by atomic mass is 9.55. The van der Waals surface area contributed by atoms with E-state index in [0.717, 1.165) is 36.1 Å². The van der Waals surface area contributed by atoms with Crippen LogP contribution < -0.4 is 9.46 Å². The third-order valence-electron chi connectivity index (χ3n) is 6.77. The molecule has 5 nitrogen and oxygen atoms in total. The summed E-state index contributed by atoms with van der Waals surface area (Å²) in [4.78, 5) is 12.3. The molecule has 0 unspecified atom stereocenters. The van der Waals surface area contributed by atoms with E-state index in [1.807, 2.05) is 6.07 Å². The predicted octanol–water partition coefficient (Wildman–Crippen LogP) is 6.62. The van der Waals surface area contributed by atoms with Gasteiger partial charge in [0.05, 0.1) is 27.9 Å². The fraction of sp³-hybridized carbons (Fsp3) is 0.417. The fourth-order valence-corrected chi connectivity index (χ4v) is 5.78. The number of anilines is 1. The number of hydrogen-bond acceptors (Lipinski definition) is 5. The van der Waals surface area contributed by atoms with Crippen molar-refractivity contribution in [1.29, 1.82) is 5.26 Å². The number of ether oxygens (including phenoxy) is 1. The standard InChI is InChI=1S/C24H23ClN2O3S/c25-19-10-21(30-17-11-24(12-17)6-1-7-24)20(8-16(19)13-26)27-31-22-9-15(23(28)29)4-5-18(22)14-2-3-14/h4-5,8-10,14,17,27H,1-3,6-7,11-12H2,(H,28,29). The van der Waals surface area contributed by atoms with Crippen molar-refractivity contribution in [2.45, 2.75) is 61.9 Å². The van der Waals surface area contributed by atoms with E-state index in [1.54, 1.807) is 24.3 Å². The highest BCUT2D eigenvalue weighted by Crippen LogP contribution is 2.57. The monoisotopic (exact) mass is 454 g/mol. The van der Waals surface area contributed by atoms with E-state index in [-0.39, 0.29) is 11.7 Å². The van der Waals surface area contributed by atoms with Crippen LogP contribution in [0.25, 0.3) is 0 Å². The summed E-state index contributed by atoms with van der Waals surface area (Å²) in [5.74, 6) is 0.177. The molecule has 0 atom stereocenters. The molecule has 31 heavy (non-hydrogen) atoms. The second-order valence-corrected chi connectivity index (χ2v) is 10.2. The first-order valence-electron chi connectivity index (χ1n) is 10.7. The van der Waals surface area contributed by atoms with E-state index in [4.69, 9.17) is 16.3 Å². The topological polar surface area (TPSA) is 82.4 Å². The van der Waals surface area contributed by atoms with Crippen molar-refractivity contribution in [3.8, 4) is 11.8 Å². The molecular weight excluding hydrogens is 432 g/mol. The predicted molar refractivity (Wildman–Crippen MR) is 121 cm³/mol. The number of benzene rings is 2. The van der Waals surface area contributed by atoms with Gasteiger partial charge in [-0.25, -0.2) is 4.79 Å². The zero-order chi connectivity index (χ0) is 21.6. The highest BCUT2D eigenvalue weighted by atomic mass is 35.5. The van der Waals surface area contributed by atoms with Gasteiger partial charge in [0.15, 0.2) is 0 Å². The summed E-state index contributed by atoms with van der Waals surface area (Å²) in [6, 6.07) is 10.8. The molecule has 3 aliphatic carbocycles.